The smallest absolute Gasteiger partial charge is 0.227 e. The number of para-hydroxylation sites is 1. The molecule has 0 unspecified atom stereocenters. The van der Waals surface area contributed by atoms with Crippen LogP contribution in [0.15, 0.2) is 42.9 Å². The van der Waals surface area contributed by atoms with Crippen LogP contribution in [-0.4, -0.2) is 15.0 Å². The summed E-state index contributed by atoms with van der Waals surface area (Å²) in [6.07, 6.45) is 3.78. The van der Waals surface area contributed by atoms with Gasteiger partial charge in [-0.2, -0.15) is 0 Å². The first kappa shape index (κ1) is 12.8. The Kier molecular flexibility index (Phi) is 3.48. The first-order valence-corrected chi connectivity index (χ1v) is 6.67. The number of aromatic nitrogens is 3. The Hall–Kier alpha value is -2.20. The predicted octanol–water partition coefficient (Wildman–Crippen LogP) is 4.03. The van der Waals surface area contributed by atoms with E-state index in [1.807, 2.05) is 37.3 Å². The van der Waals surface area contributed by atoms with Crippen LogP contribution in [-0.2, 0) is 6.42 Å². The number of nitrogens with zero attached hydrogens (tertiary/aromatic N) is 3. The Labute approximate surface area is 121 Å². The van der Waals surface area contributed by atoms with Crippen molar-refractivity contribution in [2.45, 2.75) is 13.3 Å². The van der Waals surface area contributed by atoms with Crippen molar-refractivity contribution >= 4 is 22.5 Å². The highest BCUT2D eigenvalue weighted by Crippen LogP contribution is 2.28. The molecule has 0 atom stereocenters. The van der Waals surface area contributed by atoms with Gasteiger partial charge in [-0.3, -0.25) is 4.98 Å². The van der Waals surface area contributed by atoms with Crippen LogP contribution in [0.4, 0.5) is 0 Å². The second kappa shape index (κ2) is 5.43. The maximum absolute atomic E-state index is 6.04. The summed E-state index contributed by atoms with van der Waals surface area (Å²) in [5.41, 5.74) is 1.72. The zero-order chi connectivity index (χ0) is 13.9. The number of benzene rings is 1. The molecule has 4 nitrogen and oxygen atoms in total. The van der Waals surface area contributed by atoms with Crippen molar-refractivity contribution in [1.82, 2.24) is 15.0 Å². The molecule has 0 saturated carbocycles. The fraction of sp³-hybridized carbons (Fsp3) is 0.133. The maximum Gasteiger partial charge on any atom is 0.227 e. The van der Waals surface area contributed by atoms with Crippen LogP contribution in [0.1, 0.15) is 12.5 Å². The van der Waals surface area contributed by atoms with Gasteiger partial charge in [-0.05, 0) is 18.6 Å². The molecule has 0 aliphatic rings. The monoisotopic (exact) mass is 285 g/mol. The predicted molar refractivity (Wildman–Crippen MR) is 78.2 cm³/mol. The largest absolute Gasteiger partial charge is 0.437 e. The number of pyridine rings is 1. The van der Waals surface area contributed by atoms with Crippen LogP contribution >= 0.6 is 11.6 Å². The van der Waals surface area contributed by atoms with E-state index in [4.69, 9.17) is 16.3 Å². The number of hydrogen-bond acceptors (Lipinski definition) is 4. The summed E-state index contributed by atoms with van der Waals surface area (Å²) in [4.78, 5) is 12.5. The van der Waals surface area contributed by atoms with E-state index in [9.17, 15) is 0 Å². The molecule has 20 heavy (non-hydrogen) atoms. The second-order valence-corrected chi connectivity index (χ2v) is 4.63. The molecule has 2 aromatic heterocycles. The van der Waals surface area contributed by atoms with E-state index in [-0.39, 0.29) is 0 Å². The number of rotatable bonds is 3. The Bertz CT molecular complexity index is 761. The van der Waals surface area contributed by atoms with Gasteiger partial charge in [0.25, 0.3) is 0 Å². The van der Waals surface area contributed by atoms with Gasteiger partial charge < -0.3 is 4.74 Å². The normalized spacial score (nSPS) is 10.7. The minimum absolute atomic E-state index is 0.422. The van der Waals surface area contributed by atoms with Crippen molar-refractivity contribution in [2.24, 2.45) is 0 Å². The standard InChI is InChI=1S/C15H12ClN3O/c1-2-12-14(16)18-9-19-15(12)20-11-7-10-5-3-4-6-13(10)17-8-11/h3-9H,2H2,1H3. The lowest BCUT2D eigenvalue weighted by Crippen LogP contribution is -1.97. The first-order chi connectivity index (χ1) is 9.78. The molecule has 3 aromatic rings. The second-order valence-electron chi connectivity index (χ2n) is 4.27. The number of ether oxygens (including phenoxy) is 1. The Balaban J connectivity index is 1.99. The van der Waals surface area contributed by atoms with Gasteiger partial charge >= 0.3 is 0 Å². The summed E-state index contributed by atoms with van der Waals surface area (Å²) in [5.74, 6) is 1.11. The third kappa shape index (κ3) is 2.42. The maximum atomic E-state index is 6.04. The van der Waals surface area contributed by atoms with Crippen LogP contribution in [0.5, 0.6) is 11.6 Å². The molecule has 0 aliphatic carbocycles. The third-order valence-electron chi connectivity index (χ3n) is 2.99. The van der Waals surface area contributed by atoms with Gasteiger partial charge in [-0.15, -0.1) is 0 Å². The molecule has 0 N–H and O–H groups in total. The Morgan fingerprint density at radius 2 is 2.00 bits per heavy atom. The van der Waals surface area contributed by atoms with Gasteiger partial charge in [0.05, 0.1) is 17.3 Å². The van der Waals surface area contributed by atoms with Gasteiger partial charge in [0, 0.05) is 5.39 Å². The van der Waals surface area contributed by atoms with Crippen LogP contribution in [0.25, 0.3) is 10.9 Å². The van der Waals surface area contributed by atoms with E-state index < -0.39 is 0 Å². The summed E-state index contributed by atoms with van der Waals surface area (Å²) in [6.45, 7) is 1.98. The topological polar surface area (TPSA) is 47.9 Å². The number of hydrogen-bond donors (Lipinski definition) is 0. The molecule has 0 amide bonds. The molecule has 0 spiro atoms. The van der Waals surface area contributed by atoms with E-state index >= 15 is 0 Å². The molecule has 0 fully saturated rings. The van der Waals surface area contributed by atoms with Crippen molar-refractivity contribution in [3.8, 4) is 11.6 Å². The molecular weight excluding hydrogens is 274 g/mol. The SMILES string of the molecule is CCc1c(Cl)ncnc1Oc1cnc2ccccc2c1. The highest BCUT2D eigenvalue weighted by Gasteiger charge is 2.10. The molecule has 1 aromatic carbocycles. The Morgan fingerprint density at radius 3 is 2.85 bits per heavy atom. The van der Waals surface area contributed by atoms with Crippen LogP contribution in [0, 0.1) is 0 Å². The lowest BCUT2D eigenvalue weighted by Gasteiger charge is -2.09. The summed E-state index contributed by atoms with van der Waals surface area (Å²) in [5, 5.41) is 1.44. The fourth-order valence-electron chi connectivity index (χ4n) is 1.98. The van der Waals surface area contributed by atoms with E-state index in [1.165, 1.54) is 6.33 Å². The van der Waals surface area contributed by atoms with E-state index in [1.54, 1.807) is 6.20 Å². The van der Waals surface area contributed by atoms with Crippen molar-refractivity contribution in [2.75, 3.05) is 0 Å². The van der Waals surface area contributed by atoms with Crippen LogP contribution < -0.4 is 4.74 Å². The van der Waals surface area contributed by atoms with Gasteiger partial charge in [0.1, 0.15) is 17.2 Å². The average molecular weight is 286 g/mol. The molecule has 0 radical (unpaired) electrons. The van der Waals surface area contributed by atoms with E-state index in [0.29, 0.717) is 23.2 Å². The molecule has 5 heteroatoms. The first-order valence-electron chi connectivity index (χ1n) is 6.30. The van der Waals surface area contributed by atoms with Crippen molar-refractivity contribution in [3.05, 3.63) is 53.6 Å². The van der Waals surface area contributed by atoms with E-state index in [2.05, 4.69) is 15.0 Å². The third-order valence-corrected chi connectivity index (χ3v) is 3.31. The lowest BCUT2D eigenvalue weighted by molar-refractivity contribution is 0.454. The zero-order valence-electron chi connectivity index (χ0n) is 10.9. The minimum atomic E-state index is 0.422. The summed E-state index contributed by atoms with van der Waals surface area (Å²) >= 11 is 6.04. The van der Waals surface area contributed by atoms with Crippen molar-refractivity contribution in [3.63, 3.8) is 0 Å². The molecule has 100 valence electrons. The lowest BCUT2D eigenvalue weighted by atomic mass is 10.2. The number of halogens is 1. The van der Waals surface area contributed by atoms with Crippen LogP contribution in [0.3, 0.4) is 0 Å². The summed E-state index contributed by atoms with van der Waals surface area (Å²) < 4.78 is 5.79. The highest BCUT2D eigenvalue weighted by atomic mass is 35.5. The highest BCUT2D eigenvalue weighted by molar-refractivity contribution is 6.30. The van der Waals surface area contributed by atoms with Crippen molar-refractivity contribution < 1.29 is 4.74 Å². The van der Waals surface area contributed by atoms with Gasteiger partial charge in [-0.25, -0.2) is 9.97 Å². The van der Waals surface area contributed by atoms with Crippen molar-refractivity contribution in [1.29, 1.82) is 0 Å². The molecule has 0 saturated heterocycles. The van der Waals surface area contributed by atoms with Gasteiger partial charge in [-0.1, -0.05) is 36.7 Å². The fourth-order valence-corrected chi connectivity index (χ4v) is 2.24. The van der Waals surface area contributed by atoms with Gasteiger partial charge in [0.2, 0.25) is 5.88 Å². The summed E-state index contributed by atoms with van der Waals surface area (Å²) in [7, 11) is 0. The molecular formula is C15H12ClN3O. The molecule has 0 aliphatic heterocycles. The Morgan fingerprint density at radius 1 is 1.15 bits per heavy atom. The quantitative estimate of drug-likeness (QED) is 0.682. The summed E-state index contributed by atoms with van der Waals surface area (Å²) in [6, 6.07) is 9.79. The minimum Gasteiger partial charge on any atom is -0.437 e. The van der Waals surface area contributed by atoms with E-state index in [0.717, 1.165) is 16.5 Å². The zero-order valence-corrected chi connectivity index (χ0v) is 11.6. The molecule has 3 rings (SSSR count). The average Bonchev–Trinajstić information content (AvgIpc) is 2.47. The molecule has 2 heterocycles. The molecule has 0 bridgehead atoms. The van der Waals surface area contributed by atoms with Gasteiger partial charge in [0.15, 0.2) is 0 Å². The van der Waals surface area contributed by atoms with Crippen LogP contribution in [0.2, 0.25) is 5.15 Å². The number of fused-ring (bicyclic) bond motifs is 1.